The molecule has 0 aliphatic heterocycles. The van der Waals surface area contributed by atoms with Crippen LogP contribution >= 0.6 is 23.4 Å². The van der Waals surface area contributed by atoms with Gasteiger partial charge in [0.1, 0.15) is 11.3 Å². The Labute approximate surface area is 128 Å². The number of imidazole rings is 1. The molecular weight excluding hydrogens is 292 g/mol. The summed E-state index contributed by atoms with van der Waals surface area (Å²) in [6, 6.07) is 0. The molecule has 110 valence electrons. The lowest BCUT2D eigenvalue weighted by atomic mass is 9.84. The van der Waals surface area contributed by atoms with Crippen molar-refractivity contribution in [1.29, 1.82) is 0 Å². The van der Waals surface area contributed by atoms with Crippen LogP contribution in [0.1, 0.15) is 30.8 Å². The molecule has 0 bridgehead atoms. The molecule has 4 nitrogen and oxygen atoms in total. The zero-order valence-corrected chi connectivity index (χ0v) is 13.9. The molecule has 2 heterocycles. The summed E-state index contributed by atoms with van der Waals surface area (Å²) in [6.07, 6.45) is 6.98. The van der Waals surface area contributed by atoms with E-state index in [0.29, 0.717) is 10.6 Å². The third-order valence-electron chi connectivity index (χ3n) is 4.43. The highest BCUT2D eigenvalue weighted by atomic mass is 35.5. The molecule has 0 N–H and O–H groups in total. The van der Waals surface area contributed by atoms with E-state index < -0.39 is 0 Å². The zero-order chi connectivity index (χ0) is 14.3. The average molecular weight is 313 g/mol. The predicted octanol–water partition coefficient (Wildman–Crippen LogP) is 3.15. The Kier molecular flexibility index (Phi) is 3.75. The van der Waals surface area contributed by atoms with Crippen LogP contribution in [0.25, 0.3) is 11.2 Å². The maximum atomic E-state index is 5.95. The van der Waals surface area contributed by atoms with Gasteiger partial charge in [0, 0.05) is 30.6 Å². The van der Waals surface area contributed by atoms with Crippen molar-refractivity contribution in [2.45, 2.75) is 43.9 Å². The first-order valence-electron chi connectivity index (χ1n) is 7.10. The van der Waals surface area contributed by atoms with Crippen molar-refractivity contribution < 1.29 is 0 Å². The highest BCUT2D eigenvalue weighted by molar-refractivity contribution is 8.00. The Morgan fingerprint density at radius 3 is 2.70 bits per heavy atom. The smallest absolute Gasteiger partial charge is 0.158 e. The first kappa shape index (κ1) is 14.3. The summed E-state index contributed by atoms with van der Waals surface area (Å²) in [7, 11) is 2.00. The molecule has 0 atom stereocenters. The molecule has 1 aliphatic carbocycles. The standard InChI is InChI=1S/C14H21ClN4S/c1-10-12-13(18(2)17-10)19(11(16-12)5-8-15)9-14(20-3)6-4-7-14/h4-9H2,1-3H3. The molecule has 0 spiro atoms. The van der Waals surface area contributed by atoms with Gasteiger partial charge in [0.2, 0.25) is 0 Å². The number of aryl methyl sites for hydroxylation is 3. The molecule has 6 heteroatoms. The molecule has 0 amide bonds. The van der Waals surface area contributed by atoms with Gasteiger partial charge in [-0.25, -0.2) is 4.98 Å². The second-order valence-corrected chi connectivity index (χ2v) is 7.33. The van der Waals surface area contributed by atoms with Crippen molar-refractivity contribution in [1.82, 2.24) is 19.3 Å². The predicted molar refractivity (Wildman–Crippen MR) is 85.8 cm³/mol. The second-order valence-electron chi connectivity index (χ2n) is 5.68. The van der Waals surface area contributed by atoms with Crippen LogP contribution in [-0.4, -0.2) is 36.2 Å². The molecule has 0 unspecified atom stereocenters. The van der Waals surface area contributed by atoms with Gasteiger partial charge >= 0.3 is 0 Å². The number of halogens is 1. The average Bonchev–Trinajstić information content (AvgIpc) is 2.85. The first-order chi connectivity index (χ1) is 9.60. The number of hydrogen-bond acceptors (Lipinski definition) is 3. The third-order valence-corrected chi connectivity index (χ3v) is 6.02. The highest BCUT2D eigenvalue weighted by Crippen LogP contribution is 2.44. The summed E-state index contributed by atoms with van der Waals surface area (Å²) in [6.45, 7) is 3.05. The van der Waals surface area contributed by atoms with Gasteiger partial charge in [0.25, 0.3) is 0 Å². The molecule has 1 saturated carbocycles. The summed E-state index contributed by atoms with van der Waals surface area (Å²) in [5.74, 6) is 1.72. The zero-order valence-electron chi connectivity index (χ0n) is 12.3. The number of rotatable bonds is 5. The molecule has 1 fully saturated rings. The Balaban J connectivity index is 2.08. The van der Waals surface area contributed by atoms with E-state index in [1.807, 2.05) is 30.4 Å². The van der Waals surface area contributed by atoms with E-state index in [0.717, 1.165) is 35.6 Å². The van der Waals surface area contributed by atoms with Crippen molar-refractivity contribution in [3.63, 3.8) is 0 Å². The monoisotopic (exact) mass is 312 g/mol. The number of fused-ring (bicyclic) bond motifs is 1. The number of hydrogen-bond donors (Lipinski definition) is 0. The lowest BCUT2D eigenvalue weighted by Crippen LogP contribution is -2.38. The molecule has 3 rings (SSSR count). The molecule has 0 radical (unpaired) electrons. The van der Waals surface area contributed by atoms with E-state index >= 15 is 0 Å². The Morgan fingerprint density at radius 1 is 1.40 bits per heavy atom. The molecule has 2 aromatic heterocycles. The fraction of sp³-hybridized carbons (Fsp3) is 0.714. The van der Waals surface area contributed by atoms with Crippen LogP contribution in [0.5, 0.6) is 0 Å². The van der Waals surface area contributed by atoms with Crippen molar-refractivity contribution >= 4 is 34.5 Å². The largest absolute Gasteiger partial charge is 0.311 e. The highest BCUT2D eigenvalue weighted by Gasteiger charge is 2.37. The summed E-state index contributed by atoms with van der Waals surface area (Å²) in [4.78, 5) is 4.79. The van der Waals surface area contributed by atoms with E-state index in [-0.39, 0.29) is 0 Å². The van der Waals surface area contributed by atoms with Gasteiger partial charge in [-0.3, -0.25) is 4.68 Å². The number of aromatic nitrogens is 4. The number of thioether (sulfide) groups is 1. The molecular formula is C14H21ClN4S. The Morgan fingerprint density at radius 2 is 2.15 bits per heavy atom. The minimum Gasteiger partial charge on any atom is -0.311 e. The van der Waals surface area contributed by atoms with Crippen molar-refractivity contribution in [3.05, 3.63) is 11.5 Å². The maximum absolute atomic E-state index is 5.95. The van der Waals surface area contributed by atoms with E-state index in [9.17, 15) is 0 Å². The van der Waals surface area contributed by atoms with Gasteiger partial charge in [0.15, 0.2) is 5.65 Å². The van der Waals surface area contributed by atoms with E-state index in [2.05, 4.69) is 15.9 Å². The van der Waals surface area contributed by atoms with E-state index in [4.69, 9.17) is 16.6 Å². The third kappa shape index (κ3) is 2.15. The van der Waals surface area contributed by atoms with Gasteiger partial charge < -0.3 is 4.57 Å². The lowest BCUT2D eigenvalue weighted by Gasteiger charge is -2.41. The van der Waals surface area contributed by atoms with Crippen LogP contribution in [0.4, 0.5) is 0 Å². The Bertz CT molecular complexity index is 621. The van der Waals surface area contributed by atoms with Crippen LogP contribution < -0.4 is 0 Å². The SMILES string of the molecule is CSC1(Cn2c(CCCl)nc3c(C)nn(C)c32)CCC1. The van der Waals surface area contributed by atoms with E-state index in [1.54, 1.807) is 0 Å². The van der Waals surface area contributed by atoms with Crippen molar-refractivity contribution in [2.24, 2.45) is 7.05 Å². The molecule has 2 aromatic rings. The normalized spacial score (nSPS) is 17.6. The summed E-state index contributed by atoms with van der Waals surface area (Å²) in [5.41, 5.74) is 3.18. The van der Waals surface area contributed by atoms with E-state index in [1.165, 1.54) is 19.3 Å². The number of alkyl halides is 1. The minimum atomic E-state index is 0.382. The first-order valence-corrected chi connectivity index (χ1v) is 8.86. The second kappa shape index (κ2) is 5.26. The van der Waals surface area contributed by atoms with Crippen LogP contribution in [0.2, 0.25) is 0 Å². The molecule has 20 heavy (non-hydrogen) atoms. The fourth-order valence-electron chi connectivity index (χ4n) is 3.11. The van der Waals surface area contributed by atoms with Gasteiger partial charge in [-0.15, -0.1) is 11.6 Å². The summed E-state index contributed by atoms with van der Waals surface area (Å²) in [5, 5.41) is 4.51. The maximum Gasteiger partial charge on any atom is 0.158 e. The number of nitrogens with zero attached hydrogens (tertiary/aromatic N) is 4. The van der Waals surface area contributed by atoms with Gasteiger partial charge in [-0.2, -0.15) is 16.9 Å². The summed E-state index contributed by atoms with van der Waals surface area (Å²) >= 11 is 7.95. The van der Waals surface area contributed by atoms with Crippen molar-refractivity contribution in [2.75, 3.05) is 12.1 Å². The molecule has 1 aliphatic rings. The van der Waals surface area contributed by atoms with Crippen LogP contribution in [0.3, 0.4) is 0 Å². The van der Waals surface area contributed by atoms with Gasteiger partial charge in [-0.05, 0) is 26.0 Å². The molecule has 0 saturated heterocycles. The lowest BCUT2D eigenvalue weighted by molar-refractivity contribution is 0.320. The molecule has 0 aromatic carbocycles. The van der Waals surface area contributed by atoms with Crippen LogP contribution in [0, 0.1) is 6.92 Å². The fourth-order valence-corrected chi connectivity index (χ4v) is 4.23. The minimum absolute atomic E-state index is 0.382. The topological polar surface area (TPSA) is 35.6 Å². The quantitative estimate of drug-likeness (QED) is 0.796. The van der Waals surface area contributed by atoms with Crippen LogP contribution in [-0.2, 0) is 20.0 Å². The van der Waals surface area contributed by atoms with Crippen LogP contribution in [0.15, 0.2) is 0 Å². The summed E-state index contributed by atoms with van der Waals surface area (Å²) < 4.78 is 4.70. The Hall–Kier alpha value is -0.680. The van der Waals surface area contributed by atoms with Gasteiger partial charge in [-0.1, -0.05) is 6.42 Å². The van der Waals surface area contributed by atoms with Gasteiger partial charge in [0.05, 0.1) is 5.69 Å². The van der Waals surface area contributed by atoms with Crippen molar-refractivity contribution in [3.8, 4) is 0 Å².